The average Bonchev–Trinajstić information content (AvgIpc) is 3.14. The lowest BCUT2D eigenvalue weighted by molar-refractivity contribution is 0.0697. The van der Waals surface area contributed by atoms with E-state index in [1.807, 2.05) is 24.3 Å². The van der Waals surface area contributed by atoms with Crippen LogP contribution in [0.5, 0.6) is 0 Å². The van der Waals surface area contributed by atoms with Gasteiger partial charge in [-0.1, -0.05) is 57.9 Å². The van der Waals surface area contributed by atoms with Gasteiger partial charge in [-0.3, -0.25) is 4.98 Å². The average molecular weight is 421 g/mol. The molecular formula is C25H32N4O2. The van der Waals surface area contributed by atoms with Crippen LogP contribution in [-0.2, 0) is 19.4 Å². The number of nitrogens with zero attached hydrogens (tertiary/aromatic N) is 4. The van der Waals surface area contributed by atoms with Crippen LogP contribution in [0.2, 0.25) is 0 Å². The predicted octanol–water partition coefficient (Wildman–Crippen LogP) is 5.41. The maximum atomic E-state index is 11.5. The van der Waals surface area contributed by atoms with E-state index in [-0.39, 0.29) is 5.56 Å². The van der Waals surface area contributed by atoms with E-state index in [0.717, 1.165) is 48.6 Å². The van der Waals surface area contributed by atoms with Gasteiger partial charge >= 0.3 is 5.97 Å². The van der Waals surface area contributed by atoms with Crippen molar-refractivity contribution in [3.8, 4) is 11.1 Å². The van der Waals surface area contributed by atoms with E-state index in [4.69, 9.17) is 10.1 Å². The maximum Gasteiger partial charge on any atom is 0.337 e. The van der Waals surface area contributed by atoms with Gasteiger partial charge in [0.15, 0.2) is 5.82 Å². The Kier molecular flexibility index (Phi) is 7.93. The molecular weight excluding hydrogens is 388 g/mol. The van der Waals surface area contributed by atoms with Gasteiger partial charge in [0.2, 0.25) is 0 Å². The minimum atomic E-state index is -0.971. The van der Waals surface area contributed by atoms with Crippen molar-refractivity contribution in [2.45, 2.75) is 65.8 Å². The quantitative estimate of drug-likeness (QED) is 0.420. The zero-order valence-electron chi connectivity index (χ0n) is 18.7. The zero-order chi connectivity index (χ0) is 22.2. The largest absolute Gasteiger partial charge is 0.478 e. The number of unbranched alkanes of at least 4 members (excludes halogenated alkanes) is 2. The first-order valence-corrected chi connectivity index (χ1v) is 11.2. The number of pyridine rings is 1. The minimum absolute atomic E-state index is 0.209. The summed E-state index contributed by atoms with van der Waals surface area (Å²) in [7, 11) is 0. The molecule has 0 unspecified atom stereocenters. The number of carboxylic acid groups (broad SMARTS) is 1. The first kappa shape index (κ1) is 22.7. The summed E-state index contributed by atoms with van der Waals surface area (Å²) in [4.78, 5) is 20.3. The number of hydrogen-bond donors (Lipinski definition) is 1. The number of aromatic nitrogens is 4. The van der Waals surface area contributed by atoms with Crippen molar-refractivity contribution in [3.63, 3.8) is 0 Å². The molecule has 0 amide bonds. The summed E-state index contributed by atoms with van der Waals surface area (Å²) in [5.41, 5.74) is 2.88. The van der Waals surface area contributed by atoms with Crippen LogP contribution in [0, 0.1) is 5.92 Å². The second-order valence-electron chi connectivity index (χ2n) is 8.41. The summed E-state index contributed by atoms with van der Waals surface area (Å²) in [5.74, 6) is 1.59. The molecule has 3 rings (SSSR count). The molecule has 6 nitrogen and oxygen atoms in total. The molecule has 6 heteroatoms. The lowest BCUT2D eigenvalue weighted by atomic mass is 10.00. The van der Waals surface area contributed by atoms with Crippen LogP contribution >= 0.6 is 0 Å². The molecule has 0 atom stereocenters. The highest BCUT2D eigenvalue weighted by Crippen LogP contribution is 2.24. The highest BCUT2D eigenvalue weighted by atomic mass is 16.4. The van der Waals surface area contributed by atoms with Crippen molar-refractivity contribution in [1.82, 2.24) is 19.7 Å². The first-order valence-electron chi connectivity index (χ1n) is 11.2. The predicted molar refractivity (Wildman–Crippen MR) is 122 cm³/mol. The van der Waals surface area contributed by atoms with E-state index in [1.54, 1.807) is 12.3 Å². The number of hydrogen-bond acceptors (Lipinski definition) is 4. The molecule has 0 aliphatic rings. The number of benzene rings is 1. The monoisotopic (exact) mass is 420 g/mol. The Bertz CT molecular complexity index is 993. The molecule has 1 aromatic carbocycles. The van der Waals surface area contributed by atoms with Gasteiger partial charge in [-0.25, -0.2) is 14.5 Å². The third kappa shape index (κ3) is 6.23. The molecule has 0 radical (unpaired) electrons. The van der Waals surface area contributed by atoms with Crippen molar-refractivity contribution < 1.29 is 9.90 Å². The van der Waals surface area contributed by atoms with E-state index in [9.17, 15) is 9.90 Å². The van der Waals surface area contributed by atoms with Crippen molar-refractivity contribution in [2.75, 3.05) is 0 Å². The van der Waals surface area contributed by atoms with Crippen molar-refractivity contribution in [3.05, 3.63) is 65.5 Å². The Hall–Kier alpha value is -3.02. The van der Waals surface area contributed by atoms with E-state index in [2.05, 4.69) is 30.4 Å². The fourth-order valence-corrected chi connectivity index (χ4v) is 3.57. The summed E-state index contributed by atoms with van der Waals surface area (Å²) >= 11 is 0. The zero-order valence-corrected chi connectivity index (χ0v) is 18.7. The smallest absolute Gasteiger partial charge is 0.337 e. The topological polar surface area (TPSA) is 80.9 Å². The maximum absolute atomic E-state index is 11.5. The van der Waals surface area contributed by atoms with Gasteiger partial charge in [0.25, 0.3) is 0 Å². The molecule has 0 saturated carbocycles. The highest BCUT2D eigenvalue weighted by molar-refractivity contribution is 5.95. The van der Waals surface area contributed by atoms with Gasteiger partial charge in [0, 0.05) is 31.8 Å². The van der Waals surface area contributed by atoms with Crippen LogP contribution in [0.1, 0.15) is 74.0 Å². The number of rotatable bonds is 11. The van der Waals surface area contributed by atoms with Gasteiger partial charge < -0.3 is 5.11 Å². The molecule has 0 aliphatic carbocycles. The van der Waals surface area contributed by atoms with Gasteiger partial charge in [0.1, 0.15) is 5.82 Å². The van der Waals surface area contributed by atoms with Crippen molar-refractivity contribution in [2.24, 2.45) is 5.92 Å². The van der Waals surface area contributed by atoms with Crippen LogP contribution in [0.15, 0.2) is 42.7 Å². The Balaban J connectivity index is 1.79. The molecule has 0 saturated heterocycles. The molecule has 2 aromatic heterocycles. The Morgan fingerprint density at radius 2 is 1.90 bits per heavy atom. The van der Waals surface area contributed by atoms with E-state index >= 15 is 0 Å². The summed E-state index contributed by atoms with van der Waals surface area (Å²) in [6.45, 7) is 7.55. The van der Waals surface area contributed by atoms with Gasteiger partial charge in [-0.15, -0.1) is 0 Å². The third-order valence-electron chi connectivity index (χ3n) is 5.39. The number of aromatic carboxylic acids is 1. The van der Waals surface area contributed by atoms with Crippen LogP contribution in [-0.4, -0.2) is 30.8 Å². The fraction of sp³-hybridized carbons (Fsp3) is 0.440. The first-order chi connectivity index (χ1) is 15.0. The van der Waals surface area contributed by atoms with Crippen molar-refractivity contribution >= 4 is 5.97 Å². The summed E-state index contributed by atoms with van der Waals surface area (Å²) in [6, 6.07) is 9.76. The highest BCUT2D eigenvalue weighted by Gasteiger charge is 2.13. The van der Waals surface area contributed by atoms with E-state index in [1.165, 1.54) is 19.0 Å². The Morgan fingerprint density at radius 1 is 1.13 bits per heavy atom. The Morgan fingerprint density at radius 3 is 2.58 bits per heavy atom. The van der Waals surface area contributed by atoms with Gasteiger partial charge in [0.05, 0.1) is 5.56 Å². The molecule has 31 heavy (non-hydrogen) atoms. The number of aryl methyl sites for hydroxylation is 2. The van der Waals surface area contributed by atoms with Crippen LogP contribution < -0.4 is 0 Å². The van der Waals surface area contributed by atoms with Gasteiger partial charge in [-0.2, -0.15) is 5.10 Å². The Labute approximate surface area is 184 Å². The second kappa shape index (κ2) is 10.8. The fourth-order valence-electron chi connectivity index (χ4n) is 3.57. The molecule has 164 valence electrons. The molecule has 0 spiro atoms. The summed E-state index contributed by atoms with van der Waals surface area (Å²) < 4.78 is 2.07. The lowest BCUT2D eigenvalue weighted by Crippen LogP contribution is -2.07. The second-order valence-corrected chi connectivity index (χ2v) is 8.41. The molecule has 0 fully saturated rings. The van der Waals surface area contributed by atoms with Crippen LogP contribution in [0.4, 0.5) is 0 Å². The van der Waals surface area contributed by atoms with Gasteiger partial charge in [-0.05, 0) is 41.5 Å². The van der Waals surface area contributed by atoms with Crippen LogP contribution in [0.3, 0.4) is 0 Å². The third-order valence-corrected chi connectivity index (χ3v) is 5.39. The number of carbonyl (C=O) groups is 1. The van der Waals surface area contributed by atoms with Crippen molar-refractivity contribution in [1.29, 1.82) is 0 Å². The lowest BCUT2D eigenvalue weighted by Gasteiger charge is -2.08. The summed E-state index contributed by atoms with van der Waals surface area (Å²) in [5, 5.41) is 14.2. The van der Waals surface area contributed by atoms with E-state index < -0.39 is 5.97 Å². The standard InChI is InChI=1S/C25H32N4O2/c1-4-5-6-15-29-24(27-23(28-29)12-7-18(2)3)16-19-8-10-20(11-9-19)21-13-14-26-17-22(21)25(30)31/h8-11,13-14,17-18H,4-7,12,15-16H2,1-3H3,(H,30,31). The molecule has 2 heterocycles. The summed E-state index contributed by atoms with van der Waals surface area (Å²) in [6.07, 6.45) is 9.19. The minimum Gasteiger partial charge on any atom is -0.478 e. The normalized spacial score (nSPS) is 11.2. The van der Waals surface area contributed by atoms with Crippen LogP contribution in [0.25, 0.3) is 11.1 Å². The number of carboxylic acids is 1. The molecule has 3 aromatic rings. The molecule has 0 bridgehead atoms. The molecule has 1 N–H and O–H groups in total. The molecule has 0 aliphatic heterocycles. The SMILES string of the molecule is CCCCCn1nc(CCC(C)C)nc1Cc1ccc(-c2ccncc2C(=O)O)cc1. The van der Waals surface area contributed by atoms with E-state index in [0.29, 0.717) is 17.9 Å².